The number of aryl methyl sites for hydroxylation is 1. The Morgan fingerprint density at radius 2 is 1.95 bits per heavy atom. The van der Waals surface area contributed by atoms with E-state index in [0.717, 1.165) is 5.69 Å². The fourth-order valence-electron chi connectivity index (χ4n) is 2.79. The van der Waals surface area contributed by atoms with Crippen LogP contribution in [0.15, 0.2) is 6.33 Å². The molecule has 0 aliphatic heterocycles. The Morgan fingerprint density at radius 3 is 2.50 bits per heavy atom. The molecule has 4 nitrogen and oxygen atoms in total. The van der Waals surface area contributed by atoms with Gasteiger partial charge in [-0.2, -0.15) is 13.2 Å². The molecule has 124 valence electrons. The third-order valence-corrected chi connectivity index (χ3v) is 4.49. The first kappa shape index (κ1) is 17.3. The van der Waals surface area contributed by atoms with Gasteiger partial charge in [0.15, 0.2) is 6.10 Å². The third kappa shape index (κ3) is 4.01. The molecule has 1 aromatic heterocycles. The molecule has 2 rings (SSSR count). The summed E-state index contributed by atoms with van der Waals surface area (Å²) in [5, 5.41) is 12.9. The van der Waals surface area contributed by atoms with Gasteiger partial charge in [0.2, 0.25) is 0 Å². The Bertz CT molecular complexity index is 505. The molecule has 0 bridgehead atoms. The summed E-state index contributed by atoms with van der Waals surface area (Å²) >= 11 is 6.19. The standard InChI is InChI=1S/C14H19ClF3N3O/c1-2-10-11(15)13(20-7-19-10)21-9-5-3-8(4-6-9)12(22)14(16,17)18/h7-9,12,22H,2-6H2,1H3,(H,19,20,21). The Kier molecular flexibility index (Phi) is 5.50. The Balaban J connectivity index is 1.93. The number of nitrogens with zero attached hydrogens (tertiary/aromatic N) is 2. The average molecular weight is 338 g/mol. The van der Waals surface area contributed by atoms with E-state index in [-0.39, 0.29) is 6.04 Å². The third-order valence-electron chi connectivity index (χ3n) is 4.09. The molecule has 8 heteroatoms. The van der Waals surface area contributed by atoms with Crippen molar-refractivity contribution in [1.29, 1.82) is 0 Å². The molecular formula is C14H19ClF3N3O. The lowest BCUT2D eigenvalue weighted by Gasteiger charge is -2.32. The van der Waals surface area contributed by atoms with Crippen molar-refractivity contribution in [3.05, 3.63) is 17.0 Å². The zero-order valence-corrected chi connectivity index (χ0v) is 13.0. The molecule has 2 N–H and O–H groups in total. The molecule has 1 aliphatic rings. The molecule has 22 heavy (non-hydrogen) atoms. The first-order valence-electron chi connectivity index (χ1n) is 7.33. The van der Waals surface area contributed by atoms with Gasteiger partial charge in [0, 0.05) is 6.04 Å². The summed E-state index contributed by atoms with van der Waals surface area (Å²) in [6.07, 6.45) is -2.95. The van der Waals surface area contributed by atoms with E-state index in [0.29, 0.717) is 42.9 Å². The van der Waals surface area contributed by atoms with Crippen molar-refractivity contribution >= 4 is 17.4 Å². The number of rotatable bonds is 4. The Labute approximate surface area is 132 Å². The molecule has 1 atom stereocenters. The van der Waals surface area contributed by atoms with Gasteiger partial charge in [-0.05, 0) is 38.0 Å². The van der Waals surface area contributed by atoms with Crippen LogP contribution in [0.5, 0.6) is 0 Å². The van der Waals surface area contributed by atoms with Crippen LogP contribution in [0.2, 0.25) is 5.02 Å². The van der Waals surface area contributed by atoms with Gasteiger partial charge in [-0.15, -0.1) is 0 Å². The topological polar surface area (TPSA) is 58.0 Å². The molecule has 0 amide bonds. The molecule has 1 saturated carbocycles. The maximum atomic E-state index is 12.5. The lowest BCUT2D eigenvalue weighted by Crippen LogP contribution is -2.39. The number of nitrogens with one attached hydrogen (secondary N) is 1. The smallest absolute Gasteiger partial charge is 0.383 e. The van der Waals surface area contributed by atoms with E-state index in [1.165, 1.54) is 6.33 Å². The van der Waals surface area contributed by atoms with Crippen molar-refractivity contribution in [2.45, 2.75) is 57.3 Å². The van der Waals surface area contributed by atoms with Crippen molar-refractivity contribution in [2.24, 2.45) is 5.92 Å². The first-order valence-corrected chi connectivity index (χ1v) is 7.71. The van der Waals surface area contributed by atoms with E-state index in [9.17, 15) is 18.3 Å². The maximum Gasteiger partial charge on any atom is 0.414 e. The number of aliphatic hydroxyl groups excluding tert-OH is 1. The molecule has 0 saturated heterocycles. The molecule has 0 spiro atoms. The van der Waals surface area contributed by atoms with Crippen molar-refractivity contribution in [2.75, 3.05) is 5.32 Å². The number of halogens is 4. The number of aliphatic hydroxyl groups is 1. The molecule has 1 aromatic rings. The van der Waals surface area contributed by atoms with E-state index < -0.39 is 18.2 Å². The predicted molar refractivity (Wildman–Crippen MR) is 77.9 cm³/mol. The highest BCUT2D eigenvalue weighted by atomic mass is 35.5. The molecule has 1 fully saturated rings. The van der Waals surface area contributed by atoms with Gasteiger partial charge in [-0.1, -0.05) is 18.5 Å². The first-order chi connectivity index (χ1) is 10.3. The minimum absolute atomic E-state index is 0.00814. The van der Waals surface area contributed by atoms with E-state index in [4.69, 9.17) is 11.6 Å². The lowest BCUT2D eigenvalue weighted by molar-refractivity contribution is -0.222. The zero-order chi connectivity index (χ0) is 16.3. The van der Waals surface area contributed by atoms with Crippen LogP contribution in [0, 0.1) is 5.92 Å². The van der Waals surface area contributed by atoms with Crippen molar-refractivity contribution in [3.8, 4) is 0 Å². The van der Waals surface area contributed by atoms with Crippen LogP contribution < -0.4 is 5.32 Å². The highest BCUT2D eigenvalue weighted by molar-refractivity contribution is 6.33. The predicted octanol–water partition coefficient (Wildman–Crippen LogP) is 3.59. The summed E-state index contributed by atoms with van der Waals surface area (Å²) in [4.78, 5) is 8.16. The number of anilines is 1. The van der Waals surface area contributed by atoms with Crippen LogP contribution in [0.25, 0.3) is 0 Å². The second-order valence-electron chi connectivity index (χ2n) is 5.58. The van der Waals surface area contributed by atoms with Crippen LogP contribution in [0.4, 0.5) is 19.0 Å². The van der Waals surface area contributed by atoms with Gasteiger partial charge >= 0.3 is 6.18 Å². The monoisotopic (exact) mass is 337 g/mol. The van der Waals surface area contributed by atoms with Crippen molar-refractivity contribution in [1.82, 2.24) is 9.97 Å². The minimum Gasteiger partial charge on any atom is -0.383 e. The van der Waals surface area contributed by atoms with Crippen LogP contribution in [-0.2, 0) is 6.42 Å². The minimum atomic E-state index is -4.54. The lowest BCUT2D eigenvalue weighted by atomic mass is 9.82. The fraction of sp³-hybridized carbons (Fsp3) is 0.714. The van der Waals surface area contributed by atoms with E-state index in [1.807, 2.05) is 6.92 Å². The number of alkyl halides is 3. The quantitative estimate of drug-likeness (QED) is 0.881. The fourth-order valence-corrected chi connectivity index (χ4v) is 3.08. The molecule has 0 radical (unpaired) electrons. The largest absolute Gasteiger partial charge is 0.414 e. The molecular weight excluding hydrogens is 319 g/mol. The van der Waals surface area contributed by atoms with Gasteiger partial charge in [0.05, 0.1) is 5.69 Å². The Morgan fingerprint density at radius 1 is 1.32 bits per heavy atom. The summed E-state index contributed by atoms with van der Waals surface area (Å²) in [5.74, 6) is -0.210. The van der Waals surface area contributed by atoms with Gasteiger partial charge in [-0.25, -0.2) is 9.97 Å². The van der Waals surface area contributed by atoms with Crippen LogP contribution in [0.1, 0.15) is 38.3 Å². The van der Waals surface area contributed by atoms with Crippen LogP contribution in [0.3, 0.4) is 0 Å². The molecule has 1 heterocycles. The summed E-state index contributed by atoms with van der Waals surface area (Å²) in [6.45, 7) is 1.93. The molecule has 1 unspecified atom stereocenters. The summed E-state index contributed by atoms with van der Waals surface area (Å²) in [6, 6.07) is 0.00814. The SMILES string of the molecule is CCc1ncnc(NC2CCC(C(O)C(F)(F)F)CC2)c1Cl. The Hall–Kier alpha value is -1.08. The number of aromatic nitrogens is 2. The van der Waals surface area contributed by atoms with E-state index in [2.05, 4.69) is 15.3 Å². The zero-order valence-electron chi connectivity index (χ0n) is 12.2. The average Bonchev–Trinajstić information content (AvgIpc) is 2.48. The van der Waals surface area contributed by atoms with Gasteiger partial charge in [-0.3, -0.25) is 0 Å². The molecule has 0 aromatic carbocycles. The normalized spacial score (nSPS) is 24.1. The summed E-state index contributed by atoms with van der Waals surface area (Å²) < 4.78 is 37.5. The van der Waals surface area contributed by atoms with Crippen LogP contribution >= 0.6 is 11.6 Å². The second-order valence-corrected chi connectivity index (χ2v) is 5.96. The van der Waals surface area contributed by atoms with Gasteiger partial charge in [0.1, 0.15) is 17.2 Å². The van der Waals surface area contributed by atoms with Crippen LogP contribution in [-0.4, -0.2) is 33.4 Å². The van der Waals surface area contributed by atoms with Gasteiger partial charge in [0.25, 0.3) is 0 Å². The van der Waals surface area contributed by atoms with E-state index >= 15 is 0 Å². The van der Waals surface area contributed by atoms with E-state index in [1.54, 1.807) is 0 Å². The van der Waals surface area contributed by atoms with Crippen molar-refractivity contribution < 1.29 is 18.3 Å². The summed E-state index contributed by atoms with van der Waals surface area (Å²) in [7, 11) is 0. The second kappa shape index (κ2) is 7.00. The number of hydrogen-bond acceptors (Lipinski definition) is 4. The maximum absolute atomic E-state index is 12.5. The summed E-state index contributed by atoms with van der Waals surface area (Å²) in [5.41, 5.74) is 0.736. The number of hydrogen-bond donors (Lipinski definition) is 2. The molecule has 1 aliphatic carbocycles. The highest BCUT2D eigenvalue weighted by Crippen LogP contribution is 2.36. The highest BCUT2D eigenvalue weighted by Gasteiger charge is 2.44. The van der Waals surface area contributed by atoms with Crippen molar-refractivity contribution in [3.63, 3.8) is 0 Å². The van der Waals surface area contributed by atoms with Gasteiger partial charge < -0.3 is 10.4 Å².